The number of hydrogen-bond donors (Lipinski definition) is 2. The van der Waals surface area contributed by atoms with Crippen molar-refractivity contribution >= 4 is 45.0 Å². The highest BCUT2D eigenvalue weighted by Gasteiger charge is 2.22. The maximum Gasteiger partial charge on any atom is 0.304 e. The summed E-state index contributed by atoms with van der Waals surface area (Å²) in [5, 5.41) is 15.2. The molecule has 2 aromatic heterocycles. The van der Waals surface area contributed by atoms with Crippen LogP contribution < -0.4 is 14.8 Å². The largest absolute Gasteiger partial charge is 0.481 e. The summed E-state index contributed by atoms with van der Waals surface area (Å²) in [6.45, 7) is 6.05. The Kier molecular flexibility index (Phi) is 11.2. The first kappa shape index (κ1) is 33.4. The van der Waals surface area contributed by atoms with Crippen molar-refractivity contribution in [3.8, 4) is 22.9 Å². The second kappa shape index (κ2) is 15.1. The normalized spacial score (nSPS) is 17.0. The molecular weight excluding hydrogens is 639 g/mol. The number of carboxylic acid groups (broad SMARTS) is 1. The van der Waals surface area contributed by atoms with E-state index in [4.69, 9.17) is 43.2 Å². The smallest absolute Gasteiger partial charge is 0.304 e. The number of piperidine rings is 1. The lowest BCUT2D eigenvalue weighted by atomic mass is 9.94. The Hall–Kier alpha value is -3.00. The maximum atomic E-state index is 11.4. The lowest BCUT2D eigenvalue weighted by Crippen LogP contribution is -2.47. The molecule has 0 spiro atoms. The van der Waals surface area contributed by atoms with E-state index in [1.165, 1.54) is 0 Å². The Morgan fingerprint density at radius 3 is 2.31 bits per heavy atom. The number of ether oxygens (including phenoxy) is 1. The Bertz CT molecular complexity index is 1560. The zero-order valence-electron chi connectivity index (χ0n) is 24.9. The molecule has 1 aromatic carbocycles. The summed E-state index contributed by atoms with van der Waals surface area (Å²) < 4.78 is 29.0. The molecule has 0 radical (unpaired) electrons. The lowest BCUT2D eigenvalue weighted by Gasteiger charge is -2.35. The first-order chi connectivity index (χ1) is 21.5. The van der Waals surface area contributed by atoms with E-state index in [0.29, 0.717) is 52.8 Å². The Morgan fingerprint density at radius 1 is 0.978 bits per heavy atom. The van der Waals surface area contributed by atoms with Gasteiger partial charge in [0.05, 0.1) is 24.1 Å². The van der Waals surface area contributed by atoms with Crippen LogP contribution in [0.4, 0.5) is 5.82 Å². The minimum atomic E-state index is -3.45. The van der Waals surface area contributed by atoms with E-state index in [-0.39, 0.29) is 12.2 Å². The fraction of sp³-hybridized carbons (Fsp3) is 0.452. The molecule has 0 bridgehead atoms. The molecule has 4 heterocycles. The predicted molar refractivity (Wildman–Crippen MR) is 176 cm³/mol. The first-order valence-electron chi connectivity index (χ1n) is 15.0. The highest BCUT2D eigenvalue weighted by atomic mass is 35.5. The second-order valence-electron chi connectivity index (χ2n) is 11.7. The monoisotopic (exact) mass is 676 g/mol. The van der Waals surface area contributed by atoms with E-state index >= 15 is 0 Å². The van der Waals surface area contributed by atoms with Crippen LogP contribution in [-0.4, -0.2) is 90.8 Å². The third-order valence-corrected chi connectivity index (χ3v) is 9.47. The number of aromatic nitrogens is 2. The summed E-state index contributed by atoms with van der Waals surface area (Å²) in [4.78, 5) is 27.0. The van der Waals surface area contributed by atoms with Crippen molar-refractivity contribution in [1.82, 2.24) is 19.8 Å². The minimum absolute atomic E-state index is 0.0232. The van der Waals surface area contributed by atoms with Gasteiger partial charge < -0.3 is 14.7 Å². The highest BCUT2D eigenvalue weighted by Crippen LogP contribution is 2.31. The van der Waals surface area contributed by atoms with Gasteiger partial charge in [0.1, 0.15) is 11.6 Å². The number of nitrogens with two attached hydrogens (primary N) is 1. The Labute approximate surface area is 274 Å². The third kappa shape index (κ3) is 10.2. The third-order valence-electron chi connectivity index (χ3n) is 8.23. The average molecular weight is 678 g/mol. The molecule has 0 aliphatic carbocycles. The Morgan fingerprint density at radius 2 is 1.69 bits per heavy atom. The van der Waals surface area contributed by atoms with Gasteiger partial charge in [-0.15, -0.1) is 0 Å². The first-order valence-corrected chi connectivity index (χ1v) is 17.5. The van der Waals surface area contributed by atoms with E-state index < -0.39 is 16.0 Å². The van der Waals surface area contributed by atoms with Gasteiger partial charge in [-0.3, -0.25) is 14.6 Å². The van der Waals surface area contributed by atoms with Crippen molar-refractivity contribution in [1.29, 1.82) is 0 Å². The highest BCUT2D eigenvalue weighted by molar-refractivity contribution is 7.89. The number of likely N-dealkylation sites (tertiary alicyclic amines) is 1. The van der Waals surface area contributed by atoms with Crippen LogP contribution in [0.15, 0.2) is 48.7 Å². The van der Waals surface area contributed by atoms with Gasteiger partial charge in [-0.25, -0.2) is 23.5 Å². The minimum Gasteiger partial charge on any atom is -0.481 e. The van der Waals surface area contributed by atoms with Crippen molar-refractivity contribution in [2.45, 2.75) is 32.2 Å². The molecule has 0 atom stereocenters. The SMILES string of the molecule is NS(=O)(=O)CCC1CCN(Cc2cc(Oc3ccc(N4CCN(CCC(=O)O)CC4)nc3)nc(-c3cc(Cl)cc(Cl)c3)c2)CC1. The number of nitrogens with zero attached hydrogens (tertiary/aromatic N) is 5. The van der Waals surface area contributed by atoms with Gasteiger partial charge in [-0.1, -0.05) is 23.2 Å². The number of benzene rings is 1. The number of hydrogen-bond acceptors (Lipinski definition) is 9. The number of primary sulfonamides is 1. The summed E-state index contributed by atoms with van der Waals surface area (Å²) >= 11 is 12.6. The summed E-state index contributed by atoms with van der Waals surface area (Å²) in [6.07, 6.45) is 4.25. The number of carboxylic acids is 1. The number of sulfonamides is 1. The molecule has 11 nitrogen and oxygen atoms in total. The molecule has 3 N–H and O–H groups in total. The molecule has 242 valence electrons. The summed E-state index contributed by atoms with van der Waals surface area (Å²) in [5.74, 6) is 1.39. The van der Waals surface area contributed by atoms with Crippen LogP contribution in [0.1, 0.15) is 31.2 Å². The number of carbonyl (C=O) groups is 1. The topological polar surface area (TPSA) is 142 Å². The van der Waals surface area contributed by atoms with Crippen LogP contribution in [0.5, 0.6) is 11.6 Å². The maximum absolute atomic E-state index is 11.4. The fourth-order valence-corrected chi connectivity index (χ4v) is 6.96. The molecule has 2 saturated heterocycles. The number of anilines is 1. The van der Waals surface area contributed by atoms with E-state index in [0.717, 1.165) is 69.1 Å². The molecule has 3 aromatic rings. The molecule has 14 heteroatoms. The summed E-state index contributed by atoms with van der Waals surface area (Å²) in [7, 11) is -3.45. The van der Waals surface area contributed by atoms with E-state index in [9.17, 15) is 13.2 Å². The predicted octanol–water partition coefficient (Wildman–Crippen LogP) is 4.73. The van der Waals surface area contributed by atoms with Gasteiger partial charge in [-0.2, -0.15) is 0 Å². The van der Waals surface area contributed by atoms with Crippen LogP contribution >= 0.6 is 23.2 Å². The van der Waals surface area contributed by atoms with Crippen molar-refractivity contribution in [2.75, 3.05) is 56.5 Å². The number of aliphatic carboxylic acids is 1. The molecule has 2 aliphatic heterocycles. The van der Waals surface area contributed by atoms with Crippen LogP contribution in [0.3, 0.4) is 0 Å². The Balaban J connectivity index is 1.27. The molecule has 0 saturated carbocycles. The van der Waals surface area contributed by atoms with Crippen LogP contribution in [-0.2, 0) is 21.4 Å². The standard InChI is InChI=1S/C31H38Cl2N6O5S/c32-25-17-24(18-26(33)19-25)28-15-23(21-38-7-3-22(4-8-38)6-14-45(34,42)43)16-30(36-28)44-27-1-2-29(35-20-27)39-12-10-37(11-13-39)9-5-31(40)41/h1-2,15-20,22H,3-14,21H2,(H,40,41)(H2,34,42,43). The van der Waals surface area contributed by atoms with E-state index in [2.05, 4.69) is 19.7 Å². The van der Waals surface area contributed by atoms with Crippen molar-refractivity contribution in [2.24, 2.45) is 11.1 Å². The molecule has 45 heavy (non-hydrogen) atoms. The summed E-state index contributed by atoms with van der Waals surface area (Å²) in [6, 6.07) is 13.0. The molecule has 5 rings (SSSR count). The molecule has 0 amide bonds. The molecule has 2 fully saturated rings. The number of pyridine rings is 2. The average Bonchev–Trinajstić information content (AvgIpc) is 2.99. The quantitative estimate of drug-likeness (QED) is 0.276. The van der Waals surface area contributed by atoms with E-state index in [1.807, 2.05) is 36.4 Å². The molecular formula is C31H38Cl2N6O5S. The number of halogens is 2. The van der Waals surface area contributed by atoms with E-state index in [1.54, 1.807) is 12.3 Å². The fourth-order valence-electron chi connectivity index (χ4n) is 5.77. The van der Waals surface area contributed by atoms with Crippen molar-refractivity contribution in [3.63, 3.8) is 0 Å². The van der Waals surface area contributed by atoms with Gasteiger partial charge in [-0.05, 0) is 80.2 Å². The summed E-state index contributed by atoms with van der Waals surface area (Å²) in [5.41, 5.74) is 2.47. The van der Waals surface area contributed by atoms with Gasteiger partial charge >= 0.3 is 5.97 Å². The van der Waals surface area contributed by atoms with Gasteiger partial charge in [0, 0.05) is 60.9 Å². The van der Waals surface area contributed by atoms with Crippen LogP contribution in [0.25, 0.3) is 11.3 Å². The van der Waals surface area contributed by atoms with Crippen LogP contribution in [0, 0.1) is 5.92 Å². The molecule has 0 unspecified atom stereocenters. The lowest BCUT2D eigenvalue weighted by molar-refractivity contribution is -0.137. The van der Waals surface area contributed by atoms with Crippen molar-refractivity contribution in [3.05, 3.63) is 64.3 Å². The van der Waals surface area contributed by atoms with Gasteiger partial charge in [0.2, 0.25) is 15.9 Å². The number of piperazine rings is 1. The van der Waals surface area contributed by atoms with Gasteiger partial charge in [0.25, 0.3) is 0 Å². The molecule has 2 aliphatic rings. The van der Waals surface area contributed by atoms with Gasteiger partial charge in [0.15, 0.2) is 0 Å². The second-order valence-corrected chi connectivity index (χ2v) is 14.3. The number of rotatable bonds is 12. The zero-order chi connectivity index (χ0) is 32.0. The van der Waals surface area contributed by atoms with Crippen LogP contribution in [0.2, 0.25) is 10.0 Å². The zero-order valence-corrected chi connectivity index (χ0v) is 27.3. The van der Waals surface area contributed by atoms with Crippen molar-refractivity contribution < 1.29 is 23.1 Å².